The highest BCUT2D eigenvalue weighted by Gasteiger charge is 2.31. The number of hydrogen-bond donors (Lipinski definition) is 1. The first-order valence-corrected chi connectivity index (χ1v) is 7.10. The third-order valence-electron chi connectivity index (χ3n) is 3.93. The first-order valence-electron chi connectivity index (χ1n) is 6.73. The summed E-state index contributed by atoms with van der Waals surface area (Å²) in [6.45, 7) is 8.19. The van der Waals surface area contributed by atoms with E-state index in [1.54, 1.807) is 0 Å². The largest absolute Gasteiger partial charge is 0.314 e. The zero-order valence-electron chi connectivity index (χ0n) is 10.6. The molecule has 0 amide bonds. The number of halogens is 1. The Morgan fingerprint density at radius 3 is 2.44 bits per heavy atom. The molecule has 18 heavy (non-hydrogen) atoms. The zero-order chi connectivity index (χ0) is 12.4. The lowest BCUT2D eigenvalue weighted by Gasteiger charge is -2.46. The van der Waals surface area contributed by atoms with E-state index in [4.69, 9.17) is 11.6 Å². The van der Waals surface area contributed by atoms with Crippen LogP contribution in [0.25, 0.3) is 0 Å². The van der Waals surface area contributed by atoms with Gasteiger partial charge in [-0.2, -0.15) is 0 Å². The van der Waals surface area contributed by atoms with Crippen LogP contribution in [0.1, 0.15) is 5.56 Å². The van der Waals surface area contributed by atoms with E-state index in [9.17, 15) is 0 Å². The Labute approximate surface area is 114 Å². The number of piperazine rings is 1. The maximum absolute atomic E-state index is 5.89. The fraction of sp³-hybridized carbons (Fsp3) is 0.571. The fourth-order valence-electron chi connectivity index (χ4n) is 2.80. The molecular formula is C14H20ClN3. The maximum atomic E-state index is 5.89. The van der Waals surface area contributed by atoms with Crippen LogP contribution in [0.2, 0.25) is 5.02 Å². The van der Waals surface area contributed by atoms with Gasteiger partial charge in [-0.15, -0.1) is 0 Å². The van der Waals surface area contributed by atoms with Crippen LogP contribution < -0.4 is 5.32 Å². The van der Waals surface area contributed by atoms with E-state index in [1.165, 1.54) is 31.7 Å². The van der Waals surface area contributed by atoms with Gasteiger partial charge in [0.15, 0.2) is 0 Å². The van der Waals surface area contributed by atoms with Gasteiger partial charge in [0.2, 0.25) is 0 Å². The van der Waals surface area contributed by atoms with E-state index >= 15 is 0 Å². The molecule has 98 valence electrons. The van der Waals surface area contributed by atoms with Crippen LogP contribution in [0, 0.1) is 0 Å². The van der Waals surface area contributed by atoms with Gasteiger partial charge >= 0.3 is 0 Å². The molecule has 0 spiro atoms. The molecule has 0 aromatic heterocycles. The molecule has 2 aliphatic rings. The van der Waals surface area contributed by atoms with E-state index in [1.807, 2.05) is 12.1 Å². The van der Waals surface area contributed by atoms with Crippen molar-refractivity contribution in [1.29, 1.82) is 0 Å². The number of benzene rings is 1. The zero-order valence-corrected chi connectivity index (χ0v) is 11.4. The Morgan fingerprint density at radius 2 is 1.78 bits per heavy atom. The van der Waals surface area contributed by atoms with E-state index in [0.717, 1.165) is 30.7 Å². The molecule has 2 fully saturated rings. The highest BCUT2D eigenvalue weighted by molar-refractivity contribution is 6.30. The van der Waals surface area contributed by atoms with E-state index in [0.29, 0.717) is 0 Å². The summed E-state index contributed by atoms with van der Waals surface area (Å²) in [5.74, 6) is 0. The lowest BCUT2D eigenvalue weighted by Crippen LogP contribution is -2.62. The van der Waals surface area contributed by atoms with Crippen molar-refractivity contribution in [3.05, 3.63) is 34.9 Å². The van der Waals surface area contributed by atoms with E-state index in [-0.39, 0.29) is 0 Å². The Kier molecular flexibility index (Phi) is 3.85. The summed E-state index contributed by atoms with van der Waals surface area (Å²) in [6.07, 6.45) is 0. The predicted molar refractivity (Wildman–Crippen MR) is 75.0 cm³/mol. The van der Waals surface area contributed by atoms with Crippen molar-refractivity contribution in [3.63, 3.8) is 0 Å². The molecule has 1 N–H and O–H groups in total. The number of nitrogens with one attached hydrogen (secondary N) is 1. The van der Waals surface area contributed by atoms with Crippen molar-refractivity contribution in [1.82, 2.24) is 15.1 Å². The maximum Gasteiger partial charge on any atom is 0.0406 e. The molecule has 3 rings (SSSR count). The topological polar surface area (TPSA) is 18.5 Å². The molecule has 2 saturated heterocycles. The summed E-state index contributed by atoms with van der Waals surface area (Å²) in [4.78, 5) is 5.13. The molecule has 0 radical (unpaired) electrons. The van der Waals surface area contributed by atoms with Crippen molar-refractivity contribution >= 4 is 11.6 Å². The second-order valence-electron chi connectivity index (χ2n) is 5.26. The van der Waals surface area contributed by atoms with Gasteiger partial charge in [-0.05, 0) is 17.7 Å². The minimum Gasteiger partial charge on any atom is -0.314 e. The van der Waals surface area contributed by atoms with Gasteiger partial charge in [0.1, 0.15) is 0 Å². The second kappa shape index (κ2) is 5.57. The molecule has 1 aromatic carbocycles. The third-order valence-corrected chi connectivity index (χ3v) is 4.18. The monoisotopic (exact) mass is 265 g/mol. The Morgan fingerprint density at radius 1 is 1.11 bits per heavy atom. The highest BCUT2D eigenvalue weighted by Crippen LogP contribution is 2.19. The minimum atomic E-state index is 0.777. The standard InChI is InChI=1S/C14H20ClN3/c15-13-3-1-12(2-4-13)9-17-10-14(11-17)18-7-5-16-6-8-18/h1-4,14,16H,5-11H2. The fourth-order valence-corrected chi connectivity index (χ4v) is 2.92. The second-order valence-corrected chi connectivity index (χ2v) is 5.70. The molecule has 1 aromatic rings. The summed E-state index contributed by atoms with van der Waals surface area (Å²) >= 11 is 5.89. The van der Waals surface area contributed by atoms with Crippen LogP contribution in [0.5, 0.6) is 0 Å². The molecule has 2 heterocycles. The minimum absolute atomic E-state index is 0.777. The van der Waals surface area contributed by atoms with E-state index < -0.39 is 0 Å². The molecule has 4 heteroatoms. The van der Waals surface area contributed by atoms with Crippen LogP contribution in [0.15, 0.2) is 24.3 Å². The van der Waals surface area contributed by atoms with Gasteiger partial charge in [0, 0.05) is 56.9 Å². The van der Waals surface area contributed by atoms with Crippen molar-refractivity contribution in [2.24, 2.45) is 0 Å². The summed E-state index contributed by atoms with van der Waals surface area (Å²) in [5, 5.41) is 4.23. The number of hydrogen-bond acceptors (Lipinski definition) is 3. The molecule has 0 aliphatic carbocycles. The van der Waals surface area contributed by atoms with Crippen molar-refractivity contribution in [3.8, 4) is 0 Å². The highest BCUT2D eigenvalue weighted by atomic mass is 35.5. The molecule has 0 bridgehead atoms. The summed E-state index contributed by atoms with van der Waals surface area (Å²) in [7, 11) is 0. The predicted octanol–water partition coefficient (Wildman–Crippen LogP) is 1.43. The Hall–Kier alpha value is -0.610. The van der Waals surface area contributed by atoms with Gasteiger partial charge in [-0.1, -0.05) is 23.7 Å². The van der Waals surface area contributed by atoms with E-state index in [2.05, 4.69) is 27.2 Å². The van der Waals surface area contributed by atoms with Gasteiger partial charge in [-0.3, -0.25) is 9.80 Å². The third kappa shape index (κ3) is 2.86. The van der Waals surface area contributed by atoms with Gasteiger partial charge in [0.05, 0.1) is 0 Å². The summed E-state index contributed by atoms with van der Waals surface area (Å²) in [5.41, 5.74) is 1.36. The molecule has 0 unspecified atom stereocenters. The van der Waals surface area contributed by atoms with Gasteiger partial charge in [0.25, 0.3) is 0 Å². The first kappa shape index (κ1) is 12.4. The first-order chi connectivity index (χ1) is 8.81. The quantitative estimate of drug-likeness (QED) is 0.892. The molecule has 0 atom stereocenters. The van der Waals surface area contributed by atoms with Crippen LogP contribution in [0.3, 0.4) is 0 Å². The van der Waals surface area contributed by atoms with Crippen LogP contribution in [-0.2, 0) is 6.54 Å². The number of rotatable bonds is 3. The van der Waals surface area contributed by atoms with Gasteiger partial charge in [-0.25, -0.2) is 0 Å². The summed E-state index contributed by atoms with van der Waals surface area (Å²) in [6, 6.07) is 8.98. The Bertz CT molecular complexity index is 381. The summed E-state index contributed by atoms with van der Waals surface area (Å²) < 4.78 is 0. The van der Waals surface area contributed by atoms with Crippen LogP contribution >= 0.6 is 11.6 Å². The van der Waals surface area contributed by atoms with Gasteiger partial charge < -0.3 is 5.32 Å². The SMILES string of the molecule is Clc1ccc(CN2CC(N3CCNCC3)C2)cc1. The lowest BCUT2D eigenvalue weighted by atomic mass is 10.0. The average Bonchev–Trinajstić information content (AvgIpc) is 2.36. The van der Waals surface area contributed by atoms with Crippen LogP contribution in [-0.4, -0.2) is 55.1 Å². The lowest BCUT2D eigenvalue weighted by molar-refractivity contribution is 0.0223. The van der Waals surface area contributed by atoms with Crippen molar-refractivity contribution in [2.45, 2.75) is 12.6 Å². The molecule has 2 aliphatic heterocycles. The molecule has 3 nitrogen and oxygen atoms in total. The van der Waals surface area contributed by atoms with Crippen molar-refractivity contribution < 1.29 is 0 Å². The van der Waals surface area contributed by atoms with Crippen LogP contribution in [0.4, 0.5) is 0 Å². The number of nitrogens with zero attached hydrogens (tertiary/aromatic N) is 2. The normalized spacial score (nSPS) is 22.9. The molecule has 0 saturated carbocycles. The number of likely N-dealkylation sites (tertiary alicyclic amines) is 1. The average molecular weight is 266 g/mol. The smallest absolute Gasteiger partial charge is 0.0406 e. The molecular weight excluding hydrogens is 246 g/mol. The Balaban J connectivity index is 1.46. The van der Waals surface area contributed by atoms with Crippen molar-refractivity contribution in [2.75, 3.05) is 39.3 Å².